The van der Waals surface area contributed by atoms with Gasteiger partial charge in [-0.05, 0) is 49.2 Å². The summed E-state index contributed by atoms with van der Waals surface area (Å²) in [5, 5.41) is 6.37. The van der Waals surface area contributed by atoms with Crippen molar-refractivity contribution in [3.63, 3.8) is 0 Å². The Morgan fingerprint density at radius 1 is 1.22 bits per heavy atom. The Morgan fingerprint density at radius 2 is 2.00 bits per heavy atom. The lowest BCUT2D eigenvalue weighted by Gasteiger charge is -2.25. The van der Waals surface area contributed by atoms with Crippen molar-refractivity contribution in [2.24, 2.45) is 5.73 Å². The highest BCUT2D eigenvalue weighted by Crippen LogP contribution is 2.21. The van der Waals surface area contributed by atoms with Crippen molar-refractivity contribution in [1.82, 2.24) is 15.2 Å². The van der Waals surface area contributed by atoms with Crippen LogP contribution in [0.15, 0.2) is 42.6 Å². The summed E-state index contributed by atoms with van der Waals surface area (Å²) >= 11 is 0. The minimum Gasteiger partial charge on any atom is -0.347 e. The zero-order chi connectivity index (χ0) is 16.1. The number of hydrogen-bond acceptors (Lipinski definition) is 3. The highest BCUT2D eigenvalue weighted by Gasteiger charge is 2.19. The quantitative estimate of drug-likeness (QED) is 0.788. The maximum Gasteiger partial charge on any atom is 0.268 e. The first-order valence-electron chi connectivity index (χ1n) is 8.21. The zero-order valence-electron chi connectivity index (χ0n) is 13.3. The average Bonchev–Trinajstić information content (AvgIpc) is 3.10. The third-order valence-corrected chi connectivity index (χ3v) is 4.39. The van der Waals surface area contributed by atoms with Crippen molar-refractivity contribution in [3.05, 3.63) is 59.4 Å². The van der Waals surface area contributed by atoms with Crippen LogP contribution in [0.1, 0.15) is 40.5 Å². The molecule has 4 N–H and O–H groups in total. The topological polar surface area (TPSA) is 72.1 Å². The molecule has 0 radical (unpaired) electrons. The molecule has 0 unspecified atom stereocenters. The largest absolute Gasteiger partial charge is 0.347 e. The van der Waals surface area contributed by atoms with Gasteiger partial charge in [-0.1, -0.05) is 24.3 Å². The van der Waals surface area contributed by atoms with E-state index in [-0.39, 0.29) is 5.91 Å². The second-order valence-corrected chi connectivity index (χ2v) is 5.99. The van der Waals surface area contributed by atoms with Gasteiger partial charge >= 0.3 is 0 Å². The summed E-state index contributed by atoms with van der Waals surface area (Å²) in [4.78, 5) is 12.5. The number of piperidine rings is 1. The van der Waals surface area contributed by atoms with Gasteiger partial charge in [-0.15, -0.1) is 0 Å². The first-order valence-corrected chi connectivity index (χ1v) is 8.21. The molecular formula is C18H24N4O. The van der Waals surface area contributed by atoms with Crippen LogP contribution in [0.2, 0.25) is 0 Å². The fourth-order valence-electron chi connectivity index (χ4n) is 3.13. The Labute approximate surface area is 136 Å². The van der Waals surface area contributed by atoms with Gasteiger partial charge in [-0.2, -0.15) is 0 Å². The summed E-state index contributed by atoms with van der Waals surface area (Å²) in [5.41, 5.74) is 8.55. The number of aromatic nitrogens is 1. The molecule has 2 heterocycles. The summed E-state index contributed by atoms with van der Waals surface area (Å²) in [6.45, 7) is 3.05. The third-order valence-electron chi connectivity index (χ3n) is 4.39. The van der Waals surface area contributed by atoms with E-state index in [0.29, 0.717) is 19.1 Å². The van der Waals surface area contributed by atoms with Crippen LogP contribution in [0, 0.1) is 0 Å². The zero-order valence-corrected chi connectivity index (χ0v) is 13.3. The Morgan fingerprint density at radius 3 is 2.78 bits per heavy atom. The van der Waals surface area contributed by atoms with Crippen molar-refractivity contribution in [2.45, 2.75) is 32.0 Å². The summed E-state index contributed by atoms with van der Waals surface area (Å²) in [6.07, 6.45) is 4.14. The molecule has 3 rings (SSSR count). The van der Waals surface area contributed by atoms with E-state index in [0.717, 1.165) is 42.8 Å². The van der Waals surface area contributed by atoms with Crippen LogP contribution in [0.25, 0.3) is 0 Å². The fraction of sp³-hybridized carbons (Fsp3) is 0.389. The van der Waals surface area contributed by atoms with Crippen LogP contribution in [0.5, 0.6) is 0 Å². The number of carbonyl (C=O) groups excluding carboxylic acids is 1. The number of benzene rings is 1. The van der Waals surface area contributed by atoms with Crippen molar-refractivity contribution >= 4 is 5.91 Å². The summed E-state index contributed by atoms with van der Waals surface area (Å²) in [6, 6.07) is 12.3. The number of rotatable bonds is 5. The van der Waals surface area contributed by atoms with Crippen LogP contribution in [0.3, 0.4) is 0 Å². The van der Waals surface area contributed by atoms with Gasteiger partial charge in [0.2, 0.25) is 0 Å². The van der Waals surface area contributed by atoms with Gasteiger partial charge < -0.3 is 20.9 Å². The lowest BCUT2D eigenvalue weighted by atomic mass is 10.1. The lowest BCUT2D eigenvalue weighted by molar-refractivity contribution is 0.0938. The maximum atomic E-state index is 12.5. The molecule has 0 spiro atoms. The normalized spacial score (nSPS) is 15.5. The monoisotopic (exact) mass is 312 g/mol. The molecule has 122 valence electrons. The molecule has 2 aromatic rings. The summed E-state index contributed by atoms with van der Waals surface area (Å²) < 4.78 is 2.12. The summed E-state index contributed by atoms with van der Waals surface area (Å²) in [7, 11) is 0. The van der Waals surface area contributed by atoms with E-state index < -0.39 is 0 Å². The number of hydrogen-bond donors (Lipinski definition) is 3. The molecule has 1 aliphatic heterocycles. The predicted octanol–water partition coefficient (Wildman–Crippen LogP) is 1.80. The molecule has 0 saturated carbocycles. The first-order chi connectivity index (χ1) is 11.3. The third kappa shape index (κ3) is 3.81. The Hall–Kier alpha value is -2.11. The smallest absolute Gasteiger partial charge is 0.268 e. The van der Waals surface area contributed by atoms with E-state index in [1.807, 2.05) is 42.6 Å². The molecule has 1 aromatic heterocycles. The molecule has 5 nitrogen and oxygen atoms in total. The van der Waals surface area contributed by atoms with Crippen LogP contribution in [-0.2, 0) is 13.1 Å². The van der Waals surface area contributed by atoms with Crippen LogP contribution in [0.4, 0.5) is 0 Å². The van der Waals surface area contributed by atoms with E-state index in [1.54, 1.807) is 0 Å². The molecule has 1 aromatic carbocycles. The van der Waals surface area contributed by atoms with Crippen molar-refractivity contribution in [2.75, 3.05) is 13.1 Å². The molecule has 1 amide bonds. The highest BCUT2D eigenvalue weighted by molar-refractivity contribution is 5.92. The van der Waals surface area contributed by atoms with Crippen LogP contribution >= 0.6 is 0 Å². The standard InChI is InChI=1S/C18H24N4O/c19-12-14-3-1-4-15(11-14)13-21-18(23)17-5-2-10-22(17)16-6-8-20-9-7-16/h1-5,10-11,16,20H,6-9,12-13,19H2,(H,21,23). The minimum absolute atomic E-state index is 0.0216. The van der Waals surface area contributed by atoms with Gasteiger partial charge in [0.1, 0.15) is 5.69 Å². The van der Waals surface area contributed by atoms with E-state index in [4.69, 9.17) is 5.73 Å². The number of nitrogens with one attached hydrogen (secondary N) is 2. The Bertz CT molecular complexity index is 659. The summed E-state index contributed by atoms with van der Waals surface area (Å²) in [5.74, 6) is -0.0216. The van der Waals surface area contributed by atoms with Crippen LogP contribution in [-0.4, -0.2) is 23.6 Å². The van der Waals surface area contributed by atoms with E-state index >= 15 is 0 Å². The van der Waals surface area contributed by atoms with Gasteiger partial charge in [0.15, 0.2) is 0 Å². The van der Waals surface area contributed by atoms with E-state index in [2.05, 4.69) is 15.2 Å². The Kier molecular flexibility index (Phi) is 5.10. The number of nitrogens with zero attached hydrogens (tertiary/aromatic N) is 1. The minimum atomic E-state index is -0.0216. The fourth-order valence-corrected chi connectivity index (χ4v) is 3.13. The van der Waals surface area contributed by atoms with Gasteiger partial charge in [-0.3, -0.25) is 4.79 Å². The highest BCUT2D eigenvalue weighted by atomic mass is 16.1. The van der Waals surface area contributed by atoms with Gasteiger partial charge in [-0.25, -0.2) is 0 Å². The molecule has 0 aliphatic carbocycles. The molecule has 0 atom stereocenters. The van der Waals surface area contributed by atoms with Gasteiger partial charge in [0.25, 0.3) is 5.91 Å². The molecule has 1 fully saturated rings. The number of amides is 1. The van der Waals surface area contributed by atoms with Crippen molar-refractivity contribution in [1.29, 1.82) is 0 Å². The second kappa shape index (κ2) is 7.44. The molecule has 0 bridgehead atoms. The van der Waals surface area contributed by atoms with E-state index in [9.17, 15) is 4.79 Å². The van der Waals surface area contributed by atoms with Crippen LogP contribution < -0.4 is 16.4 Å². The molecule has 1 saturated heterocycles. The Balaban J connectivity index is 1.65. The van der Waals surface area contributed by atoms with Gasteiger partial charge in [0, 0.05) is 25.3 Å². The molecule has 1 aliphatic rings. The predicted molar refractivity (Wildman–Crippen MR) is 91.1 cm³/mol. The first kappa shape index (κ1) is 15.8. The number of nitrogens with two attached hydrogens (primary N) is 1. The number of carbonyl (C=O) groups is 1. The van der Waals surface area contributed by atoms with Gasteiger partial charge in [0.05, 0.1) is 0 Å². The molecule has 23 heavy (non-hydrogen) atoms. The van der Waals surface area contributed by atoms with Crippen molar-refractivity contribution < 1.29 is 4.79 Å². The SMILES string of the molecule is NCc1cccc(CNC(=O)c2cccn2C2CCNCC2)c1. The maximum absolute atomic E-state index is 12.5. The van der Waals surface area contributed by atoms with E-state index in [1.165, 1.54) is 0 Å². The molecule has 5 heteroatoms. The van der Waals surface area contributed by atoms with Crippen molar-refractivity contribution in [3.8, 4) is 0 Å². The second-order valence-electron chi connectivity index (χ2n) is 5.99. The molecular weight excluding hydrogens is 288 g/mol. The average molecular weight is 312 g/mol. The lowest BCUT2D eigenvalue weighted by Crippen LogP contribution is -2.32.